The van der Waals surface area contributed by atoms with E-state index in [9.17, 15) is 4.79 Å². The van der Waals surface area contributed by atoms with Gasteiger partial charge in [0.05, 0.1) is 12.2 Å². The zero-order chi connectivity index (χ0) is 9.26. The molecule has 1 aliphatic rings. The maximum Gasteiger partial charge on any atom is 0.411 e. The molecular formula is C9H8N2O2. The van der Waals surface area contributed by atoms with Gasteiger partial charge < -0.3 is 5.11 Å². The van der Waals surface area contributed by atoms with Crippen LogP contribution in [0.4, 0.5) is 4.79 Å². The van der Waals surface area contributed by atoms with E-state index in [1.807, 2.05) is 6.07 Å². The van der Waals surface area contributed by atoms with E-state index in [0.717, 1.165) is 11.3 Å². The molecule has 0 fully saturated rings. The SMILES string of the molecule is O=C(O)N1C=Cc2ncccc2C1. The monoisotopic (exact) mass is 176 g/mol. The molecule has 1 aromatic heterocycles. The fourth-order valence-corrected chi connectivity index (χ4v) is 1.26. The maximum absolute atomic E-state index is 10.6. The van der Waals surface area contributed by atoms with Crippen molar-refractivity contribution in [1.82, 2.24) is 9.88 Å². The second-order valence-electron chi connectivity index (χ2n) is 2.77. The van der Waals surface area contributed by atoms with Crippen LogP contribution in [0, 0.1) is 0 Å². The van der Waals surface area contributed by atoms with Crippen LogP contribution < -0.4 is 0 Å². The highest BCUT2D eigenvalue weighted by Crippen LogP contribution is 2.16. The Labute approximate surface area is 75.1 Å². The molecule has 0 radical (unpaired) electrons. The third-order valence-corrected chi connectivity index (χ3v) is 1.92. The quantitative estimate of drug-likeness (QED) is 0.652. The van der Waals surface area contributed by atoms with Crippen molar-refractivity contribution >= 4 is 12.2 Å². The summed E-state index contributed by atoms with van der Waals surface area (Å²) in [6.07, 6.45) is 3.98. The van der Waals surface area contributed by atoms with Gasteiger partial charge in [-0.05, 0) is 17.7 Å². The van der Waals surface area contributed by atoms with Crippen molar-refractivity contribution in [3.63, 3.8) is 0 Å². The Balaban J connectivity index is 2.34. The zero-order valence-corrected chi connectivity index (χ0v) is 6.84. The van der Waals surface area contributed by atoms with Crippen molar-refractivity contribution in [1.29, 1.82) is 0 Å². The first kappa shape index (κ1) is 7.79. The third kappa shape index (κ3) is 1.38. The maximum atomic E-state index is 10.6. The molecule has 66 valence electrons. The predicted molar refractivity (Wildman–Crippen MR) is 46.8 cm³/mol. The first-order valence-electron chi connectivity index (χ1n) is 3.89. The first-order chi connectivity index (χ1) is 6.27. The summed E-state index contributed by atoms with van der Waals surface area (Å²) < 4.78 is 0. The van der Waals surface area contributed by atoms with Crippen LogP contribution in [0.5, 0.6) is 0 Å². The molecule has 2 heterocycles. The molecule has 4 nitrogen and oxygen atoms in total. The minimum absolute atomic E-state index is 0.384. The Bertz CT molecular complexity index is 374. The van der Waals surface area contributed by atoms with Crippen LogP contribution in [0.3, 0.4) is 0 Å². The topological polar surface area (TPSA) is 53.4 Å². The number of carbonyl (C=O) groups is 1. The van der Waals surface area contributed by atoms with E-state index >= 15 is 0 Å². The highest BCUT2D eigenvalue weighted by atomic mass is 16.4. The smallest absolute Gasteiger partial charge is 0.411 e. The van der Waals surface area contributed by atoms with E-state index in [4.69, 9.17) is 5.11 Å². The highest BCUT2D eigenvalue weighted by Gasteiger charge is 2.15. The Morgan fingerprint density at radius 1 is 1.62 bits per heavy atom. The number of carboxylic acid groups (broad SMARTS) is 1. The summed E-state index contributed by atoms with van der Waals surface area (Å²) in [5.41, 5.74) is 1.78. The van der Waals surface area contributed by atoms with E-state index in [2.05, 4.69) is 4.98 Å². The van der Waals surface area contributed by atoms with Crippen molar-refractivity contribution in [3.05, 3.63) is 35.8 Å². The van der Waals surface area contributed by atoms with Gasteiger partial charge in [0.15, 0.2) is 0 Å². The number of pyridine rings is 1. The Hall–Kier alpha value is -1.84. The Kier molecular flexibility index (Phi) is 1.73. The van der Waals surface area contributed by atoms with Gasteiger partial charge >= 0.3 is 6.09 Å². The summed E-state index contributed by atoms with van der Waals surface area (Å²) in [7, 11) is 0. The summed E-state index contributed by atoms with van der Waals surface area (Å²) in [5.74, 6) is 0. The molecule has 0 bridgehead atoms. The van der Waals surface area contributed by atoms with Gasteiger partial charge in [-0.1, -0.05) is 6.07 Å². The lowest BCUT2D eigenvalue weighted by molar-refractivity contribution is 0.160. The van der Waals surface area contributed by atoms with Crippen molar-refractivity contribution in [3.8, 4) is 0 Å². The van der Waals surface area contributed by atoms with Gasteiger partial charge in [0.2, 0.25) is 0 Å². The van der Waals surface area contributed by atoms with Gasteiger partial charge in [-0.15, -0.1) is 0 Å². The number of amides is 1. The number of nitrogens with zero attached hydrogens (tertiary/aromatic N) is 2. The molecule has 0 aliphatic carbocycles. The van der Waals surface area contributed by atoms with Crippen LogP contribution in [-0.4, -0.2) is 21.1 Å². The standard InChI is InChI=1S/C9H8N2O2/c12-9(13)11-5-3-8-7(6-11)2-1-4-10-8/h1-5H,6H2,(H,12,13). The summed E-state index contributed by atoms with van der Waals surface area (Å²) >= 11 is 0. The summed E-state index contributed by atoms with van der Waals surface area (Å²) in [6.45, 7) is 0.384. The fraction of sp³-hybridized carbons (Fsp3) is 0.111. The number of hydrogen-bond donors (Lipinski definition) is 1. The van der Waals surface area contributed by atoms with Gasteiger partial charge in [0.25, 0.3) is 0 Å². The van der Waals surface area contributed by atoms with E-state index in [-0.39, 0.29) is 0 Å². The molecule has 13 heavy (non-hydrogen) atoms. The van der Waals surface area contributed by atoms with Crippen molar-refractivity contribution < 1.29 is 9.90 Å². The first-order valence-corrected chi connectivity index (χ1v) is 3.89. The lowest BCUT2D eigenvalue weighted by atomic mass is 10.1. The number of fused-ring (bicyclic) bond motifs is 1. The van der Waals surface area contributed by atoms with E-state index < -0.39 is 6.09 Å². The predicted octanol–water partition coefficient (Wildman–Crippen LogP) is 1.55. The van der Waals surface area contributed by atoms with Crippen LogP contribution in [0.2, 0.25) is 0 Å². The average Bonchev–Trinajstić information content (AvgIpc) is 2.17. The van der Waals surface area contributed by atoms with Gasteiger partial charge in [-0.25, -0.2) is 4.79 Å². The van der Waals surface area contributed by atoms with E-state index in [1.165, 1.54) is 11.1 Å². The van der Waals surface area contributed by atoms with Crippen LogP contribution in [-0.2, 0) is 6.54 Å². The van der Waals surface area contributed by atoms with Gasteiger partial charge in [0, 0.05) is 12.4 Å². The second-order valence-corrected chi connectivity index (χ2v) is 2.77. The van der Waals surface area contributed by atoms with Crippen LogP contribution >= 0.6 is 0 Å². The molecule has 1 aromatic rings. The highest BCUT2D eigenvalue weighted by molar-refractivity contribution is 5.69. The molecule has 1 amide bonds. The van der Waals surface area contributed by atoms with E-state index in [1.54, 1.807) is 18.3 Å². The van der Waals surface area contributed by atoms with Crippen LogP contribution in [0.15, 0.2) is 24.5 Å². The van der Waals surface area contributed by atoms with Crippen molar-refractivity contribution in [2.45, 2.75) is 6.54 Å². The largest absolute Gasteiger partial charge is 0.465 e. The minimum atomic E-state index is -0.939. The fourth-order valence-electron chi connectivity index (χ4n) is 1.26. The summed E-state index contributed by atoms with van der Waals surface area (Å²) in [5, 5.41) is 8.72. The lowest BCUT2D eigenvalue weighted by Gasteiger charge is -2.19. The van der Waals surface area contributed by atoms with Crippen LogP contribution in [0.1, 0.15) is 11.3 Å². The summed E-state index contributed by atoms with van der Waals surface area (Å²) in [4.78, 5) is 16.0. The van der Waals surface area contributed by atoms with Gasteiger partial charge in [-0.3, -0.25) is 9.88 Å². The molecule has 0 unspecified atom stereocenters. The van der Waals surface area contributed by atoms with Gasteiger partial charge in [0.1, 0.15) is 0 Å². The molecule has 0 saturated carbocycles. The van der Waals surface area contributed by atoms with E-state index in [0.29, 0.717) is 6.54 Å². The molecule has 0 saturated heterocycles. The zero-order valence-electron chi connectivity index (χ0n) is 6.84. The molecule has 0 aromatic carbocycles. The third-order valence-electron chi connectivity index (χ3n) is 1.92. The number of aromatic nitrogens is 1. The number of rotatable bonds is 0. The number of hydrogen-bond acceptors (Lipinski definition) is 2. The minimum Gasteiger partial charge on any atom is -0.465 e. The molecule has 2 rings (SSSR count). The molecule has 0 atom stereocenters. The molecule has 1 N–H and O–H groups in total. The second kappa shape index (κ2) is 2.90. The van der Waals surface area contributed by atoms with Crippen LogP contribution in [0.25, 0.3) is 6.08 Å². The van der Waals surface area contributed by atoms with Crippen molar-refractivity contribution in [2.24, 2.45) is 0 Å². The molecular weight excluding hydrogens is 168 g/mol. The average molecular weight is 176 g/mol. The van der Waals surface area contributed by atoms with Crippen molar-refractivity contribution in [2.75, 3.05) is 0 Å². The molecule has 1 aliphatic heterocycles. The Morgan fingerprint density at radius 3 is 3.23 bits per heavy atom. The van der Waals surface area contributed by atoms with Gasteiger partial charge in [-0.2, -0.15) is 0 Å². The lowest BCUT2D eigenvalue weighted by Crippen LogP contribution is -2.25. The Morgan fingerprint density at radius 2 is 2.46 bits per heavy atom. The summed E-state index contributed by atoms with van der Waals surface area (Å²) in [6, 6.07) is 3.68. The molecule has 0 spiro atoms. The normalized spacial score (nSPS) is 14.0. The molecule has 4 heteroatoms.